The van der Waals surface area contributed by atoms with Crippen molar-refractivity contribution < 1.29 is 9.59 Å². The number of hydrogen-bond donors (Lipinski definition) is 4. The van der Waals surface area contributed by atoms with Crippen molar-refractivity contribution in [1.29, 1.82) is 0 Å². The van der Waals surface area contributed by atoms with Gasteiger partial charge in [0.15, 0.2) is 5.16 Å². The number of amides is 2. The number of hydrogen-bond acceptors (Lipinski definition) is 9. The molecule has 0 aliphatic heterocycles. The van der Waals surface area contributed by atoms with Crippen LogP contribution in [0.2, 0.25) is 0 Å². The molecule has 0 bridgehead atoms. The molecular formula is C19H25N9O2S. The van der Waals surface area contributed by atoms with Gasteiger partial charge in [0.05, 0.1) is 5.75 Å². The molecule has 2 heterocycles. The van der Waals surface area contributed by atoms with Gasteiger partial charge in [-0.15, -0.1) is 10.2 Å². The Hall–Kier alpha value is -3.41. The minimum atomic E-state index is -0.382. The van der Waals surface area contributed by atoms with E-state index in [1.54, 1.807) is 16.5 Å². The predicted molar refractivity (Wildman–Crippen MR) is 119 cm³/mol. The first-order valence-corrected chi connectivity index (χ1v) is 11.0. The van der Waals surface area contributed by atoms with Gasteiger partial charge in [-0.2, -0.15) is 9.97 Å². The fourth-order valence-electron chi connectivity index (χ4n) is 2.65. The van der Waals surface area contributed by atoms with E-state index in [0.717, 1.165) is 23.7 Å². The summed E-state index contributed by atoms with van der Waals surface area (Å²) in [5.41, 5.74) is 6.43. The van der Waals surface area contributed by atoms with Crippen molar-refractivity contribution in [2.45, 2.75) is 32.3 Å². The van der Waals surface area contributed by atoms with Gasteiger partial charge < -0.3 is 10.6 Å². The number of rotatable bonds is 9. The molecule has 11 nitrogen and oxygen atoms in total. The van der Waals surface area contributed by atoms with E-state index in [1.165, 1.54) is 0 Å². The molecule has 0 unspecified atom stereocenters. The fourth-order valence-corrected chi connectivity index (χ4v) is 3.38. The number of aryl methyl sites for hydroxylation is 1. The van der Waals surface area contributed by atoms with Crippen molar-refractivity contribution in [1.82, 2.24) is 35.4 Å². The van der Waals surface area contributed by atoms with E-state index in [4.69, 9.17) is 0 Å². The second-order valence-corrected chi connectivity index (χ2v) is 7.33. The standard InChI is InChI=1S/C19H25N9O2S/c1-4-12-7-9-13(10-8-12)15(30)25-24-14(29)11-31-19-27-26-18-23-16(20-5-2)22-17(21-6-3)28(18)19/h7-10H,4-6,11H2,1-3H3,(H,24,29)(H,25,30)(H2,20,21,22,23,26). The lowest BCUT2D eigenvalue weighted by Gasteiger charge is -2.10. The Morgan fingerprint density at radius 1 is 0.968 bits per heavy atom. The second-order valence-electron chi connectivity index (χ2n) is 6.39. The van der Waals surface area contributed by atoms with Crippen molar-refractivity contribution in [3.63, 3.8) is 0 Å². The molecule has 2 amide bonds. The molecule has 3 aromatic rings. The van der Waals surface area contributed by atoms with Crippen molar-refractivity contribution in [2.24, 2.45) is 0 Å². The Balaban J connectivity index is 1.61. The summed E-state index contributed by atoms with van der Waals surface area (Å²) >= 11 is 1.16. The monoisotopic (exact) mass is 443 g/mol. The first-order valence-electron chi connectivity index (χ1n) is 9.97. The Morgan fingerprint density at radius 3 is 2.39 bits per heavy atom. The molecule has 0 fully saturated rings. The van der Waals surface area contributed by atoms with Gasteiger partial charge in [-0.05, 0) is 38.0 Å². The highest BCUT2D eigenvalue weighted by molar-refractivity contribution is 7.99. The molecule has 1 aromatic carbocycles. The van der Waals surface area contributed by atoms with Crippen LogP contribution in [-0.4, -0.2) is 55.2 Å². The maximum atomic E-state index is 12.2. The average Bonchev–Trinajstić information content (AvgIpc) is 3.19. The van der Waals surface area contributed by atoms with Crippen molar-refractivity contribution in [2.75, 3.05) is 29.5 Å². The van der Waals surface area contributed by atoms with Crippen LogP contribution in [0.3, 0.4) is 0 Å². The third-order valence-electron chi connectivity index (χ3n) is 4.19. The molecule has 0 saturated heterocycles. The van der Waals surface area contributed by atoms with E-state index in [0.29, 0.717) is 41.5 Å². The molecule has 0 aliphatic carbocycles. The summed E-state index contributed by atoms with van der Waals surface area (Å²) in [7, 11) is 0. The van der Waals surface area contributed by atoms with Gasteiger partial charge in [0.25, 0.3) is 11.7 Å². The van der Waals surface area contributed by atoms with Gasteiger partial charge in [-0.1, -0.05) is 30.8 Å². The highest BCUT2D eigenvalue weighted by atomic mass is 32.2. The Morgan fingerprint density at radius 2 is 1.71 bits per heavy atom. The molecular weight excluding hydrogens is 418 g/mol. The number of aromatic nitrogens is 5. The maximum absolute atomic E-state index is 12.2. The molecule has 0 saturated carbocycles. The van der Waals surface area contributed by atoms with Crippen molar-refractivity contribution in [3.05, 3.63) is 35.4 Å². The number of thioether (sulfide) groups is 1. The molecule has 0 aliphatic rings. The second kappa shape index (κ2) is 10.6. The zero-order valence-corrected chi connectivity index (χ0v) is 18.4. The lowest BCUT2D eigenvalue weighted by Crippen LogP contribution is -2.42. The fraction of sp³-hybridized carbons (Fsp3) is 0.368. The SMILES string of the molecule is CCNc1nc(NCC)n2c(SCC(=O)NNC(=O)c3ccc(CC)cc3)nnc2n1. The normalized spacial score (nSPS) is 10.7. The lowest BCUT2D eigenvalue weighted by molar-refractivity contribution is -0.119. The van der Waals surface area contributed by atoms with E-state index in [2.05, 4.69) is 41.7 Å². The Kier molecular flexibility index (Phi) is 7.60. The van der Waals surface area contributed by atoms with Gasteiger partial charge in [0, 0.05) is 18.7 Å². The van der Waals surface area contributed by atoms with Crippen LogP contribution in [0.25, 0.3) is 5.78 Å². The number of carbonyl (C=O) groups is 2. The highest BCUT2D eigenvalue weighted by Crippen LogP contribution is 2.20. The molecule has 2 aromatic heterocycles. The van der Waals surface area contributed by atoms with Gasteiger partial charge in [0.1, 0.15) is 0 Å². The summed E-state index contributed by atoms with van der Waals surface area (Å²) in [6.07, 6.45) is 0.893. The molecule has 164 valence electrons. The van der Waals surface area contributed by atoms with E-state index in [1.807, 2.05) is 32.9 Å². The third kappa shape index (κ3) is 5.60. The molecule has 4 N–H and O–H groups in total. The largest absolute Gasteiger partial charge is 0.355 e. The molecule has 0 radical (unpaired) electrons. The zero-order valence-electron chi connectivity index (χ0n) is 17.6. The van der Waals surface area contributed by atoms with E-state index in [-0.39, 0.29) is 17.6 Å². The Bertz CT molecular complexity index is 1050. The number of nitrogens with one attached hydrogen (secondary N) is 4. The van der Waals surface area contributed by atoms with Crippen molar-refractivity contribution in [3.8, 4) is 0 Å². The number of benzene rings is 1. The molecule has 12 heteroatoms. The van der Waals surface area contributed by atoms with E-state index >= 15 is 0 Å². The molecule has 0 atom stereocenters. The van der Waals surface area contributed by atoms with Gasteiger partial charge in [-0.25, -0.2) is 4.40 Å². The number of carbonyl (C=O) groups excluding carboxylic acids is 2. The summed E-state index contributed by atoms with van der Waals surface area (Å²) < 4.78 is 1.65. The summed E-state index contributed by atoms with van der Waals surface area (Å²) in [5.74, 6) is 0.607. The third-order valence-corrected chi connectivity index (χ3v) is 5.12. The van der Waals surface area contributed by atoms with Crippen LogP contribution in [0.1, 0.15) is 36.7 Å². The minimum absolute atomic E-state index is 0.0242. The van der Waals surface area contributed by atoms with Crippen LogP contribution >= 0.6 is 11.8 Å². The highest BCUT2D eigenvalue weighted by Gasteiger charge is 2.16. The van der Waals surface area contributed by atoms with Crippen LogP contribution in [0.4, 0.5) is 11.9 Å². The predicted octanol–water partition coefficient (Wildman–Crippen LogP) is 1.50. The smallest absolute Gasteiger partial charge is 0.269 e. The zero-order chi connectivity index (χ0) is 22.2. The molecule has 3 rings (SSSR count). The van der Waals surface area contributed by atoms with Crippen LogP contribution < -0.4 is 21.5 Å². The maximum Gasteiger partial charge on any atom is 0.269 e. The number of hydrazine groups is 1. The summed E-state index contributed by atoms with van der Waals surface area (Å²) in [5, 5.41) is 14.8. The molecule has 0 spiro atoms. The van der Waals surface area contributed by atoms with Crippen LogP contribution in [0.15, 0.2) is 29.4 Å². The lowest BCUT2D eigenvalue weighted by atomic mass is 10.1. The summed E-state index contributed by atoms with van der Waals surface area (Å²) in [4.78, 5) is 33.1. The minimum Gasteiger partial charge on any atom is -0.355 e. The topological polar surface area (TPSA) is 138 Å². The van der Waals surface area contributed by atoms with E-state index < -0.39 is 0 Å². The summed E-state index contributed by atoms with van der Waals surface area (Å²) in [6, 6.07) is 7.21. The average molecular weight is 444 g/mol. The first-order chi connectivity index (χ1) is 15.0. The van der Waals surface area contributed by atoms with Gasteiger partial charge >= 0.3 is 0 Å². The van der Waals surface area contributed by atoms with Crippen LogP contribution in [0, 0.1) is 0 Å². The van der Waals surface area contributed by atoms with Gasteiger partial charge in [0.2, 0.25) is 17.8 Å². The quantitative estimate of drug-likeness (QED) is 0.286. The first kappa shape index (κ1) is 22.3. The Labute approximate surface area is 183 Å². The molecule has 31 heavy (non-hydrogen) atoms. The van der Waals surface area contributed by atoms with Crippen LogP contribution in [-0.2, 0) is 11.2 Å². The number of nitrogens with zero attached hydrogens (tertiary/aromatic N) is 5. The van der Waals surface area contributed by atoms with Gasteiger partial charge in [-0.3, -0.25) is 20.4 Å². The number of fused-ring (bicyclic) bond motifs is 1. The summed E-state index contributed by atoms with van der Waals surface area (Å²) in [6.45, 7) is 7.25. The van der Waals surface area contributed by atoms with E-state index in [9.17, 15) is 9.59 Å². The number of anilines is 2. The van der Waals surface area contributed by atoms with Crippen molar-refractivity contribution >= 4 is 41.3 Å². The van der Waals surface area contributed by atoms with Crippen LogP contribution in [0.5, 0.6) is 0 Å².